The van der Waals surface area contributed by atoms with Gasteiger partial charge in [0.1, 0.15) is 10.0 Å². The summed E-state index contributed by atoms with van der Waals surface area (Å²) in [7, 11) is 1.52. The van der Waals surface area contributed by atoms with Gasteiger partial charge in [0.2, 0.25) is 11.8 Å². The van der Waals surface area contributed by atoms with Crippen molar-refractivity contribution in [2.45, 2.75) is 6.92 Å². The van der Waals surface area contributed by atoms with Gasteiger partial charge in [0.15, 0.2) is 6.61 Å². The molecule has 0 fully saturated rings. The van der Waals surface area contributed by atoms with Crippen LogP contribution in [0.3, 0.4) is 0 Å². The predicted octanol–water partition coefficient (Wildman–Crippen LogP) is 2.51. The zero-order valence-corrected chi connectivity index (χ0v) is 11.2. The standard InChI is InChI=1S/C10H11Cl2FN2O3/c1-3-17-5(16)4-18-10-7(12)8(14-2)6(11)9(13)15-10/h3-4H2,1-2H3,(H,14,15). The predicted molar refractivity (Wildman–Crippen MR) is 65.9 cm³/mol. The highest BCUT2D eigenvalue weighted by atomic mass is 35.5. The number of ether oxygens (including phenoxy) is 2. The van der Waals surface area contributed by atoms with Crippen molar-refractivity contribution in [2.24, 2.45) is 0 Å². The van der Waals surface area contributed by atoms with E-state index >= 15 is 0 Å². The Balaban J connectivity index is 2.90. The zero-order valence-electron chi connectivity index (χ0n) is 9.72. The molecule has 0 amide bonds. The van der Waals surface area contributed by atoms with E-state index in [4.69, 9.17) is 27.9 Å². The van der Waals surface area contributed by atoms with E-state index in [-0.39, 0.29) is 28.2 Å². The molecule has 0 aromatic carbocycles. The molecule has 1 aromatic rings. The van der Waals surface area contributed by atoms with Crippen molar-refractivity contribution >= 4 is 34.9 Å². The molecule has 5 nitrogen and oxygen atoms in total. The Kier molecular flexibility index (Phi) is 5.43. The van der Waals surface area contributed by atoms with E-state index in [1.165, 1.54) is 7.05 Å². The highest BCUT2D eigenvalue weighted by Crippen LogP contribution is 2.37. The van der Waals surface area contributed by atoms with Gasteiger partial charge in [-0.05, 0) is 6.92 Å². The molecule has 0 bridgehead atoms. The van der Waals surface area contributed by atoms with E-state index in [2.05, 4.69) is 15.0 Å². The molecule has 1 N–H and O–H groups in total. The summed E-state index contributed by atoms with van der Waals surface area (Å²) < 4.78 is 23.0. The van der Waals surface area contributed by atoms with Crippen molar-refractivity contribution in [1.82, 2.24) is 4.98 Å². The van der Waals surface area contributed by atoms with Crippen LogP contribution >= 0.6 is 23.2 Å². The van der Waals surface area contributed by atoms with Gasteiger partial charge in [0, 0.05) is 7.05 Å². The lowest BCUT2D eigenvalue weighted by Crippen LogP contribution is -2.15. The van der Waals surface area contributed by atoms with Crippen LogP contribution in [0.2, 0.25) is 10.0 Å². The maximum Gasteiger partial charge on any atom is 0.344 e. The Morgan fingerprint density at radius 3 is 2.67 bits per heavy atom. The molecule has 0 saturated carbocycles. The number of nitrogens with zero attached hydrogens (tertiary/aromatic N) is 1. The average Bonchev–Trinajstić information content (AvgIpc) is 2.33. The van der Waals surface area contributed by atoms with Gasteiger partial charge in [-0.15, -0.1) is 0 Å². The topological polar surface area (TPSA) is 60.5 Å². The van der Waals surface area contributed by atoms with Gasteiger partial charge in [-0.3, -0.25) is 0 Å². The zero-order chi connectivity index (χ0) is 13.7. The lowest BCUT2D eigenvalue weighted by atomic mass is 10.4. The first kappa shape index (κ1) is 14.8. The van der Waals surface area contributed by atoms with E-state index in [1.807, 2.05) is 0 Å². The number of nitrogens with one attached hydrogen (secondary N) is 1. The average molecular weight is 297 g/mol. The second kappa shape index (κ2) is 6.61. The van der Waals surface area contributed by atoms with Crippen molar-refractivity contribution in [3.05, 3.63) is 16.0 Å². The molecule has 1 aromatic heterocycles. The lowest BCUT2D eigenvalue weighted by Gasteiger charge is -2.11. The monoisotopic (exact) mass is 296 g/mol. The summed E-state index contributed by atoms with van der Waals surface area (Å²) in [5.41, 5.74) is 0.143. The largest absolute Gasteiger partial charge is 0.464 e. The van der Waals surface area contributed by atoms with Gasteiger partial charge < -0.3 is 14.8 Å². The van der Waals surface area contributed by atoms with Gasteiger partial charge in [-0.25, -0.2) is 4.79 Å². The van der Waals surface area contributed by atoms with Crippen LogP contribution in [0.4, 0.5) is 10.1 Å². The molecular formula is C10H11Cl2FN2O3. The number of hydrogen-bond donors (Lipinski definition) is 1. The fourth-order valence-electron chi connectivity index (χ4n) is 1.14. The Hall–Kier alpha value is -1.27. The summed E-state index contributed by atoms with van der Waals surface area (Å²) in [6, 6.07) is 0. The first-order chi connectivity index (χ1) is 8.51. The minimum atomic E-state index is -0.940. The van der Waals surface area contributed by atoms with Gasteiger partial charge in [-0.1, -0.05) is 23.2 Å². The second-order valence-corrected chi connectivity index (χ2v) is 3.81. The third-order valence-electron chi connectivity index (χ3n) is 1.89. The molecule has 0 atom stereocenters. The number of hydrogen-bond acceptors (Lipinski definition) is 5. The molecule has 1 heterocycles. The summed E-state index contributed by atoms with van der Waals surface area (Å²) in [5.74, 6) is -1.77. The summed E-state index contributed by atoms with van der Waals surface area (Å²) >= 11 is 11.5. The molecule has 8 heteroatoms. The number of pyridine rings is 1. The maximum absolute atomic E-state index is 13.3. The van der Waals surface area contributed by atoms with Crippen LogP contribution in [0.25, 0.3) is 0 Å². The van der Waals surface area contributed by atoms with Crippen LogP contribution in [-0.2, 0) is 9.53 Å². The summed E-state index contributed by atoms with van der Waals surface area (Å²) in [4.78, 5) is 14.5. The molecule has 0 aliphatic heterocycles. The summed E-state index contributed by atoms with van der Waals surface area (Å²) in [6.45, 7) is 1.47. The van der Waals surface area contributed by atoms with Gasteiger partial charge in [0.05, 0.1) is 12.3 Å². The summed E-state index contributed by atoms with van der Waals surface area (Å²) in [6.07, 6.45) is 0. The van der Waals surface area contributed by atoms with Gasteiger partial charge in [0.25, 0.3) is 0 Å². The van der Waals surface area contributed by atoms with E-state index in [0.29, 0.717) is 0 Å². The third-order valence-corrected chi connectivity index (χ3v) is 2.59. The van der Waals surface area contributed by atoms with Crippen LogP contribution < -0.4 is 10.1 Å². The molecule has 18 heavy (non-hydrogen) atoms. The van der Waals surface area contributed by atoms with Crippen LogP contribution in [0, 0.1) is 5.95 Å². The first-order valence-corrected chi connectivity index (χ1v) is 5.77. The minimum Gasteiger partial charge on any atom is -0.464 e. The number of carbonyl (C=O) groups is 1. The summed E-state index contributed by atoms with van der Waals surface area (Å²) in [5, 5.41) is 2.37. The van der Waals surface area contributed by atoms with Gasteiger partial charge >= 0.3 is 5.97 Å². The van der Waals surface area contributed by atoms with Crippen LogP contribution in [0.15, 0.2) is 0 Å². The van der Waals surface area contributed by atoms with Crippen LogP contribution in [0.1, 0.15) is 6.92 Å². The second-order valence-electron chi connectivity index (χ2n) is 3.05. The molecule has 0 saturated heterocycles. The SMILES string of the molecule is CCOC(=O)COc1nc(F)c(Cl)c(NC)c1Cl. The fourth-order valence-corrected chi connectivity index (χ4v) is 1.70. The Morgan fingerprint density at radius 2 is 2.11 bits per heavy atom. The maximum atomic E-state index is 13.3. The van der Waals surface area contributed by atoms with Crippen molar-refractivity contribution in [1.29, 1.82) is 0 Å². The number of aromatic nitrogens is 1. The Morgan fingerprint density at radius 1 is 1.44 bits per heavy atom. The van der Waals surface area contributed by atoms with Crippen LogP contribution in [-0.4, -0.2) is 31.2 Å². The number of halogens is 3. The molecule has 0 aliphatic rings. The van der Waals surface area contributed by atoms with Crippen molar-refractivity contribution in [3.8, 4) is 5.88 Å². The molecule has 100 valence electrons. The van der Waals surface area contributed by atoms with Gasteiger partial charge in [-0.2, -0.15) is 9.37 Å². The molecule has 0 unspecified atom stereocenters. The molecular weight excluding hydrogens is 286 g/mol. The van der Waals surface area contributed by atoms with E-state index in [9.17, 15) is 9.18 Å². The highest BCUT2D eigenvalue weighted by molar-refractivity contribution is 6.39. The third kappa shape index (κ3) is 3.36. The minimum absolute atomic E-state index is 0.00630. The number of anilines is 1. The van der Waals surface area contributed by atoms with E-state index < -0.39 is 18.5 Å². The van der Waals surface area contributed by atoms with Crippen LogP contribution in [0.5, 0.6) is 5.88 Å². The normalized spacial score (nSPS) is 10.1. The van der Waals surface area contributed by atoms with Crippen molar-refractivity contribution < 1.29 is 18.7 Å². The highest BCUT2D eigenvalue weighted by Gasteiger charge is 2.18. The molecule has 0 spiro atoms. The first-order valence-electron chi connectivity index (χ1n) is 5.01. The van der Waals surface area contributed by atoms with Crippen molar-refractivity contribution in [3.63, 3.8) is 0 Å². The number of esters is 1. The van der Waals surface area contributed by atoms with E-state index in [1.54, 1.807) is 6.92 Å². The quantitative estimate of drug-likeness (QED) is 0.668. The number of rotatable bonds is 5. The molecule has 0 aliphatic carbocycles. The van der Waals surface area contributed by atoms with E-state index in [0.717, 1.165) is 0 Å². The smallest absolute Gasteiger partial charge is 0.344 e. The lowest BCUT2D eigenvalue weighted by molar-refractivity contribution is -0.145. The van der Waals surface area contributed by atoms with Crippen molar-refractivity contribution in [2.75, 3.05) is 25.6 Å². The number of carbonyl (C=O) groups excluding carboxylic acids is 1. The Labute approximate surface area is 113 Å². The Bertz CT molecular complexity index is 457. The fraction of sp³-hybridized carbons (Fsp3) is 0.400. The molecule has 1 rings (SSSR count). The molecule has 0 radical (unpaired) electrons.